The molecule has 2 aromatic carbocycles. The summed E-state index contributed by atoms with van der Waals surface area (Å²) in [7, 11) is 0. The van der Waals surface area contributed by atoms with Gasteiger partial charge in [-0.2, -0.15) is 0 Å². The number of likely N-dealkylation sites (tertiary alicyclic amines) is 2. The molecular weight excluding hydrogens is 457 g/mol. The molecule has 0 aliphatic carbocycles. The Labute approximate surface area is 213 Å². The molecule has 2 aliphatic rings. The molecule has 2 fully saturated rings. The minimum Gasteiger partial charge on any atom is -0.504 e. The lowest BCUT2D eigenvalue weighted by molar-refractivity contribution is 0.0474. The largest absolute Gasteiger partial charge is 0.504 e. The Morgan fingerprint density at radius 1 is 1.11 bits per heavy atom. The van der Waals surface area contributed by atoms with Crippen LogP contribution in [0, 0.1) is 12.5 Å². The molecule has 2 aromatic rings. The van der Waals surface area contributed by atoms with E-state index in [2.05, 4.69) is 9.74 Å². The average Bonchev–Trinajstić information content (AvgIpc) is 2.87. The van der Waals surface area contributed by atoms with Gasteiger partial charge in [-0.25, -0.2) is 9.24 Å². The van der Waals surface area contributed by atoms with E-state index in [-0.39, 0.29) is 5.91 Å². The van der Waals surface area contributed by atoms with Crippen molar-refractivity contribution in [2.75, 3.05) is 39.3 Å². The highest BCUT2D eigenvalue weighted by Gasteiger charge is 2.26. The van der Waals surface area contributed by atoms with Crippen molar-refractivity contribution in [2.24, 2.45) is 5.92 Å². The summed E-state index contributed by atoms with van der Waals surface area (Å²) in [6.07, 6.45) is 3.03. The highest BCUT2D eigenvalue weighted by Crippen LogP contribution is 2.34. The molecule has 0 saturated carbocycles. The zero-order valence-corrected chi connectivity index (χ0v) is 21.3. The van der Waals surface area contributed by atoms with Gasteiger partial charge in [0.15, 0.2) is 0 Å². The lowest BCUT2D eigenvalue weighted by Gasteiger charge is -2.34. The molecule has 36 heavy (non-hydrogen) atoms. The van der Waals surface area contributed by atoms with Crippen LogP contribution in [0.2, 0.25) is 0 Å². The van der Waals surface area contributed by atoms with E-state index in [9.17, 15) is 14.3 Å². The van der Waals surface area contributed by atoms with Gasteiger partial charge in [0.2, 0.25) is 5.69 Å². The molecule has 0 spiro atoms. The Morgan fingerprint density at radius 2 is 1.81 bits per heavy atom. The summed E-state index contributed by atoms with van der Waals surface area (Å²) in [5.74, 6) is 0.912. The standard InChI is InChI=1S/C29H36FN3O3/c1-29(2,30)20-32-15-12-21(13-16-32)19-36-27-11-10-24(17-26(27)31-3)22-6-8-23(9-7-22)28(35)33-14-4-5-25(34)18-33/h6-11,17,21,25,34H,4-5,12-16,18-20H2,1-2H3/t25-/m1/s1. The minimum atomic E-state index is -1.18. The van der Waals surface area contributed by atoms with Crippen LogP contribution in [-0.2, 0) is 0 Å². The fourth-order valence-electron chi connectivity index (χ4n) is 5.08. The van der Waals surface area contributed by atoms with E-state index in [1.165, 1.54) is 0 Å². The van der Waals surface area contributed by atoms with Crippen molar-refractivity contribution in [2.45, 2.75) is 51.3 Å². The number of amides is 1. The van der Waals surface area contributed by atoms with Crippen molar-refractivity contribution >= 4 is 11.6 Å². The highest BCUT2D eigenvalue weighted by atomic mass is 19.1. The Kier molecular flexibility index (Phi) is 8.28. The van der Waals surface area contributed by atoms with Crippen LogP contribution in [0.5, 0.6) is 5.75 Å². The second kappa shape index (κ2) is 11.4. The van der Waals surface area contributed by atoms with Gasteiger partial charge in [0, 0.05) is 25.2 Å². The lowest BCUT2D eigenvalue weighted by atomic mass is 9.96. The maximum atomic E-state index is 13.9. The van der Waals surface area contributed by atoms with Crippen LogP contribution in [-0.4, -0.2) is 71.9 Å². The minimum absolute atomic E-state index is 0.0647. The van der Waals surface area contributed by atoms with Crippen molar-refractivity contribution in [1.82, 2.24) is 9.80 Å². The quantitative estimate of drug-likeness (QED) is 0.529. The predicted molar refractivity (Wildman–Crippen MR) is 139 cm³/mol. The van der Waals surface area contributed by atoms with E-state index in [0.29, 0.717) is 49.2 Å². The highest BCUT2D eigenvalue weighted by molar-refractivity contribution is 5.95. The number of rotatable bonds is 7. The summed E-state index contributed by atoms with van der Waals surface area (Å²) >= 11 is 0. The number of aliphatic hydroxyl groups excluding tert-OH is 1. The van der Waals surface area contributed by atoms with Crippen LogP contribution in [0.15, 0.2) is 42.5 Å². The summed E-state index contributed by atoms with van der Waals surface area (Å²) in [4.78, 5) is 20.3. The van der Waals surface area contributed by atoms with Crippen LogP contribution >= 0.6 is 0 Å². The molecule has 2 heterocycles. The fourth-order valence-corrected chi connectivity index (χ4v) is 5.08. The van der Waals surface area contributed by atoms with Gasteiger partial charge in [0.25, 0.3) is 5.91 Å². The molecule has 1 N–H and O–H groups in total. The third kappa shape index (κ3) is 6.83. The van der Waals surface area contributed by atoms with Gasteiger partial charge in [-0.1, -0.05) is 18.2 Å². The average molecular weight is 494 g/mol. The first kappa shape index (κ1) is 26.1. The van der Waals surface area contributed by atoms with Gasteiger partial charge in [-0.3, -0.25) is 4.79 Å². The van der Waals surface area contributed by atoms with Gasteiger partial charge in [-0.15, -0.1) is 0 Å². The summed E-state index contributed by atoms with van der Waals surface area (Å²) in [6, 6.07) is 13.0. The van der Waals surface area contributed by atoms with E-state index < -0.39 is 11.8 Å². The number of aliphatic hydroxyl groups is 1. The van der Waals surface area contributed by atoms with Crippen molar-refractivity contribution in [3.8, 4) is 16.9 Å². The molecule has 0 unspecified atom stereocenters. The van der Waals surface area contributed by atoms with Gasteiger partial charge >= 0.3 is 0 Å². The molecule has 4 rings (SSSR count). The first-order valence-electron chi connectivity index (χ1n) is 12.9. The number of halogens is 1. The first-order chi connectivity index (χ1) is 17.2. The molecule has 192 valence electrons. The number of piperidine rings is 2. The number of β-amino-alcohol motifs (C(OH)–C–C–N with tert-alkyl or cyclic N) is 1. The molecule has 7 heteroatoms. The topological polar surface area (TPSA) is 57.4 Å². The SMILES string of the molecule is [C-]#[N+]c1cc(-c2ccc(C(=O)N3CCC[C@@H](O)C3)cc2)ccc1OCC1CCN(CC(C)(C)F)CC1. The van der Waals surface area contributed by atoms with E-state index in [1.54, 1.807) is 30.9 Å². The number of carbonyl (C=O) groups is 1. The number of hydrogen-bond donors (Lipinski definition) is 1. The van der Waals surface area contributed by atoms with Crippen molar-refractivity contribution in [1.29, 1.82) is 0 Å². The number of ether oxygens (including phenoxy) is 1. The number of alkyl halides is 1. The third-order valence-electron chi connectivity index (χ3n) is 7.01. The summed E-state index contributed by atoms with van der Waals surface area (Å²) in [6.45, 7) is 14.7. The molecule has 1 amide bonds. The summed E-state index contributed by atoms with van der Waals surface area (Å²) in [5, 5.41) is 9.86. The van der Waals surface area contributed by atoms with Crippen LogP contribution in [0.4, 0.5) is 10.1 Å². The smallest absolute Gasteiger partial charge is 0.253 e. The van der Waals surface area contributed by atoms with E-state index in [0.717, 1.165) is 49.9 Å². The zero-order chi connectivity index (χ0) is 25.7. The number of nitrogens with zero attached hydrogens (tertiary/aromatic N) is 3. The van der Waals surface area contributed by atoms with E-state index in [4.69, 9.17) is 11.3 Å². The summed E-state index contributed by atoms with van der Waals surface area (Å²) < 4.78 is 19.9. The van der Waals surface area contributed by atoms with Gasteiger partial charge in [0.05, 0.1) is 19.3 Å². The van der Waals surface area contributed by atoms with Crippen molar-refractivity contribution in [3.63, 3.8) is 0 Å². The molecule has 2 saturated heterocycles. The predicted octanol–water partition coefficient (Wildman–Crippen LogP) is 5.34. The molecule has 0 aromatic heterocycles. The van der Waals surface area contributed by atoms with Crippen LogP contribution in [0.1, 0.15) is 49.9 Å². The number of carbonyl (C=O) groups excluding carboxylic acids is 1. The normalized spacial score (nSPS) is 19.6. The Balaban J connectivity index is 1.35. The fraction of sp³-hybridized carbons (Fsp3) is 0.517. The maximum Gasteiger partial charge on any atom is 0.253 e. The number of benzene rings is 2. The Morgan fingerprint density at radius 3 is 2.44 bits per heavy atom. The molecular formula is C29H36FN3O3. The van der Waals surface area contributed by atoms with Crippen LogP contribution < -0.4 is 4.74 Å². The molecule has 1 atom stereocenters. The second-order valence-electron chi connectivity index (χ2n) is 10.7. The lowest BCUT2D eigenvalue weighted by Crippen LogP contribution is -2.42. The van der Waals surface area contributed by atoms with E-state index >= 15 is 0 Å². The van der Waals surface area contributed by atoms with Gasteiger partial charge in [-0.05, 0) is 93.9 Å². The Bertz CT molecular complexity index is 1080. The van der Waals surface area contributed by atoms with Gasteiger partial charge < -0.3 is 19.6 Å². The first-order valence-corrected chi connectivity index (χ1v) is 12.9. The zero-order valence-electron chi connectivity index (χ0n) is 21.3. The third-order valence-corrected chi connectivity index (χ3v) is 7.01. The van der Waals surface area contributed by atoms with Crippen LogP contribution in [0.25, 0.3) is 16.0 Å². The van der Waals surface area contributed by atoms with E-state index in [1.807, 2.05) is 30.3 Å². The molecule has 2 aliphatic heterocycles. The van der Waals surface area contributed by atoms with Crippen molar-refractivity contribution < 1.29 is 19.0 Å². The van der Waals surface area contributed by atoms with Gasteiger partial charge in [0.1, 0.15) is 11.4 Å². The van der Waals surface area contributed by atoms with Crippen LogP contribution in [0.3, 0.4) is 0 Å². The molecule has 0 bridgehead atoms. The summed E-state index contributed by atoms with van der Waals surface area (Å²) in [5.41, 5.74) is 1.70. The second-order valence-corrected chi connectivity index (χ2v) is 10.7. The van der Waals surface area contributed by atoms with Crippen molar-refractivity contribution in [3.05, 3.63) is 59.4 Å². The molecule has 6 nitrogen and oxygen atoms in total. The maximum absolute atomic E-state index is 13.9. The molecule has 0 radical (unpaired) electrons. The monoisotopic (exact) mass is 493 g/mol. The number of hydrogen-bond acceptors (Lipinski definition) is 4. The Hall–Kier alpha value is -2.95.